The summed E-state index contributed by atoms with van der Waals surface area (Å²) in [7, 11) is 6.10. The molecule has 1 aromatic heterocycles. The van der Waals surface area contributed by atoms with Gasteiger partial charge in [-0.3, -0.25) is 9.28 Å². The van der Waals surface area contributed by atoms with Gasteiger partial charge in [-0.2, -0.15) is 0 Å². The van der Waals surface area contributed by atoms with Crippen LogP contribution >= 0.6 is 0 Å². The van der Waals surface area contributed by atoms with E-state index in [2.05, 4.69) is 29.0 Å². The number of quaternary nitrogens is 1. The standard InChI is InChI=1S/C15H26N4O/c1-6-18(7-2)11-10-17-15(20)13-8-9-16-14(12-13)19(3,4)5/h8-9,12H,6-7,10-11H2,1-5H3/p+1. The average Bonchev–Trinajstić information content (AvgIpc) is 2.42. The van der Waals surface area contributed by atoms with Gasteiger partial charge in [-0.1, -0.05) is 13.8 Å². The summed E-state index contributed by atoms with van der Waals surface area (Å²) in [4.78, 5) is 18.7. The number of hydrogen-bond acceptors (Lipinski definition) is 3. The molecule has 0 spiro atoms. The maximum atomic E-state index is 12.1. The number of amides is 1. The van der Waals surface area contributed by atoms with E-state index in [-0.39, 0.29) is 5.91 Å². The Hall–Kier alpha value is -1.46. The van der Waals surface area contributed by atoms with Crippen molar-refractivity contribution in [2.24, 2.45) is 0 Å². The van der Waals surface area contributed by atoms with Gasteiger partial charge < -0.3 is 10.2 Å². The largest absolute Gasteiger partial charge is 0.351 e. The molecule has 1 amide bonds. The maximum Gasteiger partial charge on any atom is 0.251 e. The van der Waals surface area contributed by atoms with Crippen molar-refractivity contribution in [3.8, 4) is 0 Å². The smallest absolute Gasteiger partial charge is 0.251 e. The number of carbonyl (C=O) groups is 1. The topological polar surface area (TPSA) is 45.2 Å². The lowest BCUT2D eigenvalue weighted by atomic mass is 10.2. The minimum absolute atomic E-state index is 0.0331. The van der Waals surface area contributed by atoms with Crippen LogP contribution in [0.4, 0.5) is 5.82 Å². The molecule has 0 fully saturated rings. The summed E-state index contributed by atoms with van der Waals surface area (Å²) in [5, 5.41) is 2.96. The van der Waals surface area contributed by atoms with Gasteiger partial charge in [-0.15, -0.1) is 0 Å². The van der Waals surface area contributed by atoms with E-state index < -0.39 is 0 Å². The molecule has 0 bridgehead atoms. The number of likely N-dealkylation sites (N-methyl/N-ethyl adjacent to an activating group) is 1. The summed E-state index contributed by atoms with van der Waals surface area (Å²) in [5.74, 6) is 0.843. The van der Waals surface area contributed by atoms with Crippen LogP contribution in [-0.2, 0) is 0 Å². The molecule has 0 aliphatic heterocycles. The summed E-state index contributed by atoms with van der Waals surface area (Å²) in [6.07, 6.45) is 1.69. The van der Waals surface area contributed by atoms with Crippen LogP contribution in [0.15, 0.2) is 18.3 Å². The Morgan fingerprint density at radius 1 is 1.30 bits per heavy atom. The first-order chi connectivity index (χ1) is 9.38. The quantitative estimate of drug-likeness (QED) is 0.766. The lowest BCUT2D eigenvalue weighted by molar-refractivity contribution is 0.0948. The van der Waals surface area contributed by atoms with Gasteiger partial charge in [0.15, 0.2) is 0 Å². The molecule has 0 radical (unpaired) electrons. The Bertz CT molecular complexity index is 436. The zero-order valence-corrected chi connectivity index (χ0v) is 13.3. The number of rotatable bonds is 7. The van der Waals surface area contributed by atoms with Gasteiger partial charge in [-0.25, -0.2) is 4.98 Å². The highest BCUT2D eigenvalue weighted by Crippen LogP contribution is 2.14. The lowest BCUT2D eigenvalue weighted by Gasteiger charge is -2.22. The number of carbonyl (C=O) groups excluding carboxylic acids is 1. The van der Waals surface area contributed by atoms with Gasteiger partial charge in [0.1, 0.15) is 0 Å². The molecule has 0 aliphatic rings. The van der Waals surface area contributed by atoms with Crippen LogP contribution in [0.1, 0.15) is 24.2 Å². The lowest BCUT2D eigenvalue weighted by Crippen LogP contribution is -2.37. The van der Waals surface area contributed by atoms with E-state index in [0.717, 1.165) is 25.5 Å². The summed E-state index contributed by atoms with van der Waals surface area (Å²) in [5.41, 5.74) is 0.669. The Kier molecular flexibility index (Phi) is 6.10. The second-order valence-electron chi connectivity index (χ2n) is 5.70. The normalized spacial score (nSPS) is 11.7. The summed E-state index contributed by atoms with van der Waals surface area (Å²) < 4.78 is 0.598. The first-order valence-electron chi connectivity index (χ1n) is 7.17. The minimum atomic E-state index is -0.0331. The predicted molar refractivity (Wildman–Crippen MR) is 83.9 cm³/mol. The van der Waals surface area contributed by atoms with Crippen molar-refractivity contribution >= 4 is 11.7 Å². The number of nitrogens with zero attached hydrogens (tertiary/aromatic N) is 3. The third-order valence-electron chi connectivity index (χ3n) is 3.30. The van der Waals surface area contributed by atoms with Crippen molar-refractivity contribution in [3.05, 3.63) is 23.9 Å². The SMILES string of the molecule is CCN(CC)CCNC(=O)c1ccnc([N+](C)(C)C)c1. The van der Waals surface area contributed by atoms with Gasteiger partial charge >= 0.3 is 0 Å². The summed E-state index contributed by atoms with van der Waals surface area (Å²) in [6, 6.07) is 3.61. The Morgan fingerprint density at radius 3 is 2.50 bits per heavy atom. The van der Waals surface area contributed by atoms with E-state index in [1.165, 1.54) is 0 Å². The fraction of sp³-hybridized carbons (Fsp3) is 0.600. The van der Waals surface area contributed by atoms with Crippen molar-refractivity contribution < 1.29 is 4.79 Å². The Balaban J connectivity index is 2.60. The Morgan fingerprint density at radius 2 is 1.95 bits per heavy atom. The van der Waals surface area contributed by atoms with Crippen LogP contribution in [0, 0.1) is 0 Å². The highest BCUT2D eigenvalue weighted by molar-refractivity contribution is 5.94. The molecule has 0 saturated carbocycles. The van der Waals surface area contributed by atoms with E-state index in [1.54, 1.807) is 12.3 Å². The van der Waals surface area contributed by atoms with Crippen molar-refractivity contribution in [3.63, 3.8) is 0 Å². The van der Waals surface area contributed by atoms with E-state index in [9.17, 15) is 4.79 Å². The zero-order chi connectivity index (χ0) is 15.2. The van der Waals surface area contributed by atoms with E-state index in [0.29, 0.717) is 16.6 Å². The molecule has 0 saturated heterocycles. The predicted octanol–water partition coefficient (Wildman–Crippen LogP) is 1.35. The molecule has 0 aromatic carbocycles. The number of nitrogens with one attached hydrogen (secondary N) is 1. The fourth-order valence-electron chi connectivity index (χ4n) is 1.90. The molecule has 112 valence electrons. The first kappa shape index (κ1) is 16.6. The van der Waals surface area contributed by atoms with E-state index in [4.69, 9.17) is 0 Å². The Labute approximate surface area is 122 Å². The van der Waals surface area contributed by atoms with Crippen LogP contribution in [0.3, 0.4) is 0 Å². The van der Waals surface area contributed by atoms with Gasteiger partial charge in [0, 0.05) is 30.9 Å². The second kappa shape index (κ2) is 7.36. The van der Waals surface area contributed by atoms with Crippen LogP contribution in [0.5, 0.6) is 0 Å². The number of aromatic nitrogens is 1. The van der Waals surface area contributed by atoms with Crippen LogP contribution in [0.25, 0.3) is 0 Å². The first-order valence-corrected chi connectivity index (χ1v) is 7.17. The molecular weight excluding hydrogens is 252 g/mol. The van der Waals surface area contributed by atoms with Crippen LogP contribution in [-0.4, -0.2) is 63.1 Å². The highest BCUT2D eigenvalue weighted by atomic mass is 16.1. The maximum absolute atomic E-state index is 12.1. The molecule has 1 N–H and O–H groups in total. The minimum Gasteiger partial charge on any atom is -0.351 e. The highest BCUT2D eigenvalue weighted by Gasteiger charge is 2.16. The third kappa shape index (κ3) is 4.90. The van der Waals surface area contributed by atoms with Crippen LogP contribution in [0.2, 0.25) is 0 Å². The monoisotopic (exact) mass is 279 g/mol. The van der Waals surface area contributed by atoms with Crippen LogP contribution < -0.4 is 9.80 Å². The average molecular weight is 279 g/mol. The van der Waals surface area contributed by atoms with E-state index >= 15 is 0 Å². The molecule has 0 atom stereocenters. The molecule has 1 rings (SSSR count). The van der Waals surface area contributed by atoms with Crippen molar-refractivity contribution in [1.82, 2.24) is 19.7 Å². The van der Waals surface area contributed by atoms with Crippen molar-refractivity contribution in [2.75, 3.05) is 47.3 Å². The second-order valence-corrected chi connectivity index (χ2v) is 5.70. The molecule has 0 unspecified atom stereocenters. The third-order valence-corrected chi connectivity index (χ3v) is 3.30. The van der Waals surface area contributed by atoms with E-state index in [1.807, 2.05) is 27.2 Å². The molecule has 20 heavy (non-hydrogen) atoms. The molecule has 0 aliphatic carbocycles. The molecule has 1 aromatic rings. The van der Waals surface area contributed by atoms with Crippen molar-refractivity contribution in [1.29, 1.82) is 0 Å². The molecular formula is C15H27N4O+. The zero-order valence-electron chi connectivity index (χ0n) is 13.3. The number of pyridine rings is 1. The summed E-state index contributed by atoms with van der Waals surface area (Å²) >= 11 is 0. The van der Waals surface area contributed by atoms with Gasteiger partial charge in [0.25, 0.3) is 5.91 Å². The molecule has 1 heterocycles. The van der Waals surface area contributed by atoms with Gasteiger partial charge in [0.2, 0.25) is 5.82 Å². The number of hydrogen-bond donors (Lipinski definition) is 1. The van der Waals surface area contributed by atoms with Gasteiger partial charge in [0.05, 0.1) is 21.1 Å². The summed E-state index contributed by atoms with van der Waals surface area (Å²) in [6.45, 7) is 7.82. The molecule has 5 nitrogen and oxygen atoms in total. The molecule has 5 heteroatoms. The van der Waals surface area contributed by atoms with Crippen molar-refractivity contribution in [2.45, 2.75) is 13.8 Å². The fourth-order valence-corrected chi connectivity index (χ4v) is 1.90. The van der Waals surface area contributed by atoms with Gasteiger partial charge in [-0.05, 0) is 19.2 Å².